The molecule has 31 heavy (non-hydrogen) atoms. The molecule has 1 fully saturated rings. The first-order valence-electron chi connectivity index (χ1n) is 9.28. The summed E-state index contributed by atoms with van der Waals surface area (Å²) < 4.78 is 7.07. The van der Waals surface area contributed by atoms with E-state index < -0.39 is 41.5 Å². The Balaban J connectivity index is 1.59. The number of benzene rings is 2. The second kappa shape index (κ2) is 7.75. The van der Waals surface area contributed by atoms with Crippen molar-refractivity contribution < 1.29 is 35.2 Å². The molecule has 3 unspecified atom stereocenters. The quantitative estimate of drug-likeness (QED) is 0.211. The van der Waals surface area contributed by atoms with E-state index in [-0.39, 0.29) is 16.5 Å². The lowest BCUT2D eigenvalue weighted by atomic mass is 9.64. The third-order valence-corrected chi connectivity index (χ3v) is 6.01. The highest BCUT2D eigenvalue weighted by atomic mass is 35.5. The Morgan fingerprint density at radius 1 is 1.23 bits per heavy atom. The second-order valence-electron chi connectivity index (χ2n) is 7.38. The molecule has 0 radical (unpaired) electrons. The molecular formula is C20H19ClN2O8. The topological polar surface area (TPSA) is 158 Å². The Morgan fingerprint density at radius 3 is 2.61 bits per heavy atom. The van der Waals surface area contributed by atoms with Gasteiger partial charge in [-0.1, -0.05) is 11.6 Å². The fourth-order valence-electron chi connectivity index (χ4n) is 3.87. The molecule has 1 aliphatic rings. The van der Waals surface area contributed by atoms with E-state index in [0.29, 0.717) is 16.6 Å². The highest BCUT2D eigenvalue weighted by Gasteiger charge is 2.65. The van der Waals surface area contributed by atoms with Gasteiger partial charge in [-0.2, -0.15) is 0 Å². The van der Waals surface area contributed by atoms with Crippen LogP contribution < -0.4 is 4.74 Å². The van der Waals surface area contributed by atoms with Crippen LogP contribution in [-0.2, 0) is 0 Å². The molecule has 10 nitrogen and oxygen atoms in total. The number of aromatic nitrogens is 1. The normalized spacial score (nSPS) is 26.5. The van der Waals surface area contributed by atoms with Crippen molar-refractivity contribution in [2.75, 3.05) is 6.61 Å². The van der Waals surface area contributed by atoms with Gasteiger partial charge in [-0.25, -0.2) is 0 Å². The lowest BCUT2D eigenvalue weighted by Crippen LogP contribution is -2.76. The fraction of sp³-hybridized carbons (Fsp3) is 0.300. The van der Waals surface area contributed by atoms with Crippen molar-refractivity contribution in [1.82, 2.24) is 4.57 Å². The van der Waals surface area contributed by atoms with Crippen molar-refractivity contribution in [3.63, 3.8) is 0 Å². The maximum absolute atomic E-state index is 11.0. The van der Waals surface area contributed by atoms with E-state index >= 15 is 0 Å². The first-order valence-corrected chi connectivity index (χ1v) is 9.65. The third kappa shape index (κ3) is 3.33. The van der Waals surface area contributed by atoms with Crippen LogP contribution in [0.1, 0.15) is 0 Å². The molecule has 1 aliphatic carbocycles. The average molecular weight is 451 g/mol. The molecule has 5 N–H and O–H groups in total. The Morgan fingerprint density at radius 2 is 1.97 bits per heavy atom. The zero-order valence-corrected chi connectivity index (χ0v) is 16.6. The molecule has 0 bridgehead atoms. The van der Waals surface area contributed by atoms with Crippen LogP contribution in [-0.4, -0.2) is 65.7 Å². The van der Waals surface area contributed by atoms with E-state index in [1.807, 2.05) is 0 Å². The first kappa shape index (κ1) is 21.5. The minimum atomic E-state index is -2.26. The van der Waals surface area contributed by atoms with E-state index in [0.717, 1.165) is 0 Å². The zero-order chi connectivity index (χ0) is 22.5. The van der Waals surface area contributed by atoms with Gasteiger partial charge in [0.15, 0.2) is 5.60 Å². The molecule has 2 aromatic carbocycles. The van der Waals surface area contributed by atoms with E-state index in [1.165, 1.54) is 24.3 Å². The molecule has 3 aromatic rings. The molecule has 0 aliphatic heterocycles. The standard InChI is InChI=1S/C20H19ClN2O8/c21-14-8-11(22-6-5-10-7-12(23(29)30)1-3-15(10)22)2-4-16(14)31-19(27)20(28)13(9-24)17(25)18(20)26/h1-8,13,17-19,24-28H,9H2/t13?,17-,18?,19-,20?/m1/s1. The number of halogens is 1. The number of fused-ring (bicyclic) bond motifs is 1. The molecule has 11 heteroatoms. The number of hydrogen-bond donors (Lipinski definition) is 5. The summed E-state index contributed by atoms with van der Waals surface area (Å²) >= 11 is 6.27. The minimum Gasteiger partial charge on any atom is -0.460 e. The Hall–Kier alpha value is -2.73. The summed E-state index contributed by atoms with van der Waals surface area (Å²) in [5.74, 6) is -1.19. The summed E-state index contributed by atoms with van der Waals surface area (Å²) in [4.78, 5) is 10.5. The van der Waals surface area contributed by atoms with Crippen molar-refractivity contribution in [2.24, 2.45) is 5.92 Å². The van der Waals surface area contributed by atoms with E-state index in [9.17, 15) is 35.6 Å². The number of aliphatic hydroxyl groups excluding tert-OH is 4. The highest BCUT2D eigenvalue weighted by Crippen LogP contribution is 2.43. The molecule has 1 aromatic heterocycles. The van der Waals surface area contributed by atoms with Crippen molar-refractivity contribution in [2.45, 2.75) is 24.1 Å². The summed E-state index contributed by atoms with van der Waals surface area (Å²) in [7, 11) is 0. The number of aliphatic hydroxyl groups is 5. The lowest BCUT2D eigenvalue weighted by molar-refractivity contribution is -0.384. The monoisotopic (exact) mass is 450 g/mol. The molecule has 0 spiro atoms. The van der Waals surface area contributed by atoms with Crippen LogP contribution >= 0.6 is 11.6 Å². The highest BCUT2D eigenvalue weighted by molar-refractivity contribution is 6.32. The van der Waals surface area contributed by atoms with Gasteiger partial charge in [-0.3, -0.25) is 10.1 Å². The summed E-state index contributed by atoms with van der Waals surface area (Å²) in [6.07, 6.45) is -3.34. The van der Waals surface area contributed by atoms with Gasteiger partial charge in [0.25, 0.3) is 5.69 Å². The van der Waals surface area contributed by atoms with Gasteiger partial charge in [0.05, 0.1) is 28.2 Å². The molecule has 1 saturated carbocycles. The van der Waals surface area contributed by atoms with Gasteiger partial charge >= 0.3 is 0 Å². The minimum absolute atomic E-state index is 0.00345. The van der Waals surface area contributed by atoms with Crippen LogP contribution in [0.4, 0.5) is 5.69 Å². The Labute approximate surface area is 180 Å². The second-order valence-corrected chi connectivity index (χ2v) is 7.79. The van der Waals surface area contributed by atoms with Crippen molar-refractivity contribution in [3.8, 4) is 11.4 Å². The van der Waals surface area contributed by atoms with Crippen LogP contribution in [0.15, 0.2) is 48.7 Å². The van der Waals surface area contributed by atoms with Crippen molar-refractivity contribution in [1.29, 1.82) is 0 Å². The Kier molecular flexibility index (Phi) is 5.38. The maximum Gasteiger partial charge on any atom is 0.270 e. The summed E-state index contributed by atoms with van der Waals surface area (Å²) in [6.45, 7) is -0.666. The van der Waals surface area contributed by atoms with Gasteiger partial charge in [0, 0.05) is 35.3 Å². The number of hydrogen-bond acceptors (Lipinski definition) is 8. The summed E-state index contributed by atoms with van der Waals surface area (Å²) in [5, 5.41) is 61.3. The smallest absolute Gasteiger partial charge is 0.270 e. The van der Waals surface area contributed by atoms with Gasteiger partial charge in [-0.15, -0.1) is 0 Å². The van der Waals surface area contributed by atoms with E-state index in [2.05, 4.69) is 0 Å². The van der Waals surface area contributed by atoms with Crippen molar-refractivity contribution >= 4 is 28.2 Å². The van der Waals surface area contributed by atoms with Crippen LogP contribution in [0.5, 0.6) is 5.75 Å². The molecular weight excluding hydrogens is 432 g/mol. The maximum atomic E-state index is 11.0. The van der Waals surface area contributed by atoms with E-state index in [1.54, 1.807) is 29.0 Å². The number of ether oxygens (including phenoxy) is 1. The molecule has 0 saturated heterocycles. The van der Waals surface area contributed by atoms with Gasteiger partial charge in [-0.05, 0) is 30.3 Å². The van der Waals surface area contributed by atoms with Gasteiger partial charge in [0.1, 0.15) is 11.9 Å². The van der Waals surface area contributed by atoms with Gasteiger partial charge in [0.2, 0.25) is 6.29 Å². The predicted octanol–water partition coefficient (Wildman–Crippen LogP) is 0.964. The van der Waals surface area contributed by atoms with E-state index in [4.69, 9.17) is 16.3 Å². The average Bonchev–Trinajstić information content (AvgIpc) is 3.18. The van der Waals surface area contributed by atoms with Gasteiger partial charge < -0.3 is 34.8 Å². The van der Waals surface area contributed by atoms with Crippen LogP contribution in [0.2, 0.25) is 5.02 Å². The molecule has 164 valence electrons. The SMILES string of the molecule is O=[N+]([O-])c1ccc2c(ccn2-c2ccc(O[C@@H](O)C3(O)C(O)[C@H](O)C3CO)c(Cl)c2)c1. The summed E-state index contributed by atoms with van der Waals surface area (Å²) in [5.41, 5.74) is -0.964. The van der Waals surface area contributed by atoms with Crippen LogP contribution in [0.25, 0.3) is 16.6 Å². The molecule has 4 rings (SSSR count). The van der Waals surface area contributed by atoms with Crippen molar-refractivity contribution in [3.05, 3.63) is 63.8 Å². The number of nitro groups is 1. The number of rotatable bonds is 6. The predicted molar refractivity (Wildman–Crippen MR) is 109 cm³/mol. The fourth-order valence-corrected chi connectivity index (χ4v) is 4.09. The largest absolute Gasteiger partial charge is 0.460 e. The molecule has 0 amide bonds. The zero-order valence-electron chi connectivity index (χ0n) is 15.9. The first-order chi connectivity index (χ1) is 14.7. The molecule has 5 atom stereocenters. The molecule has 1 heterocycles. The Bertz CT molecular complexity index is 1150. The number of non-ortho nitro benzene ring substituents is 1. The summed E-state index contributed by atoms with van der Waals surface area (Å²) in [6, 6.07) is 10.8. The third-order valence-electron chi connectivity index (χ3n) is 5.71. The number of nitrogens with zero attached hydrogens (tertiary/aromatic N) is 2. The lowest BCUT2D eigenvalue weighted by Gasteiger charge is -2.53. The van der Waals surface area contributed by atoms with Crippen LogP contribution in [0.3, 0.4) is 0 Å². The number of nitro benzene ring substituents is 1. The van der Waals surface area contributed by atoms with Crippen LogP contribution in [0, 0.1) is 16.0 Å².